The quantitative estimate of drug-likeness (QED) is 0.714. The normalized spacial score (nSPS) is 10.7. The second-order valence-electron chi connectivity index (χ2n) is 5.80. The fourth-order valence-electron chi connectivity index (χ4n) is 2.52. The van der Waals surface area contributed by atoms with Crippen molar-refractivity contribution in [2.45, 2.75) is 13.5 Å². The molecule has 2 rings (SSSR count). The van der Waals surface area contributed by atoms with Gasteiger partial charge in [0.2, 0.25) is 5.91 Å². The Kier molecular flexibility index (Phi) is 7.57. The molecule has 0 bridgehead atoms. The van der Waals surface area contributed by atoms with Crippen molar-refractivity contribution in [3.05, 3.63) is 52.0 Å². The highest BCUT2D eigenvalue weighted by atomic mass is 35.5. The summed E-state index contributed by atoms with van der Waals surface area (Å²) in [6.45, 7) is 3.31. The van der Waals surface area contributed by atoms with Crippen LogP contribution in [0.15, 0.2) is 36.4 Å². The summed E-state index contributed by atoms with van der Waals surface area (Å²) in [4.78, 5) is 14.1. The number of anilines is 1. The van der Waals surface area contributed by atoms with Crippen LogP contribution in [0.1, 0.15) is 12.5 Å². The fourth-order valence-corrected chi connectivity index (χ4v) is 3.05. The average Bonchev–Trinajstić information content (AvgIpc) is 2.55. The first-order valence-corrected chi connectivity index (χ1v) is 8.91. The molecule has 0 radical (unpaired) electrons. The van der Waals surface area contributed by atoms with Crippen molar-refractivity contribution in [2.75, 3.05) is 32.6 Å². The number of hydrogen-bond donors (Lipinski definition) is 1. The largest absolute Gasteiger partial charge is 0.493 e. The lowest BCUT2D eigenvalue weighted by molar-refractivity contribution is -0.117. The number of likely N-dealkylation sites (N-methyl/N-ethyl adjacent to an activating group) is 1. The first-order valence-electron chi connectivity index (χ1n) is 8.15. The van der Waals surface area contributed by atoms with Gasteiger partial charge in [-0.05, 0) is 49.9 Å². The van der Waals surface area contributed by atoms with Crippen LogP contribution in [0.4, 0.5) is 5.69 Å². The van der Waals surface area contributed by atoms with Crippen molar-refractivity contribution >= 4 is 34.8 Å². The summed E-state index contributed by atoms with van der Waals surface area (Å²) < 4.78 is 10.9. The molecular weight excluding hydrogens is 375 g/mol. The van der Waals surface area contributed by atoms with Gasteiger partial charge in [0.05, 0.1) is 20.3 Å². The molecule has 7 heteroatoms. The number of hydrogen-bond acceptors (Lipinski definition) is 4. The third-order valence-electron chi connectivity index (χ3n) is 3.54. The standard InChI is InChI=1S/C19H22Cl2N2O3/c1-4-26-17-6-5-13(7-18(17)25-3)11-23(2)12-19(24)22-16-9-14(20)8-15(21)10-16/h5-10H,4,11-12H2,1-3H3,(H,22,24). The lowest BCUT2D eigenvalue weighted by atomic mass is 10.2. The van der Waals surface area contributed by atoms with Gasteiger partial charge in [0.15, 0.2) is 11.5 Å². The third-order valence-corrected chi connectivity index (χ3v) is 3.98. The summed E-state index contributed by atoms with van der Waals surface area (Å²) in [5, 5.41) is 3.74. The lowest BCUT2D eigenvalue weighted by Crippen LogP contribution is -2.29. The van der Waals surface area contributed by atoms with Gasteiger partial charge in [-0.25, -0.2) is 0 Å². The van der Waals surface area contributed by atoms with Gasteiger partial charge < -0.3 is 14.8 Å². The number of amides is 1. The molecule has 1 amide bonds. The van der Waals surface area contributed by atoms with Crippen molar-refractivity contribution in [2.24, 2.45) is 0 Å². The zero-order chi connectivity index (χ0) is 19.1. The number of nitrogens with one attached hydrogen (secondary N) is 1. The van der Waals surface area contributed by atoms with Crippen LogP contribution >= 0.6 is 23.2 Å². The minimum atomic E-state index is -0.149. The third kappa shape index (κ3) is 6.09. The first-order chi connectivity index (χ1) is 12.4. The smallest absolute Gasteiger partial charge is 0.238 e. The molecule has 0 unspecified atom stereocenters. The highest BCUT2D eigenvalue weighted by Gasteiger charge is 2.11. The fraction of sp³-hybridized carbons (Fsp3) is 0.316. The number of rotatable bonds is 8. The van der Waals surface area contributed by atoms with Gasteiger partial charge in [0, 0.05) is 22.3 Å². The van der Waals surface area contributed by atoms with Crippen molar-refractivity contribution in [1.82, 2.24) is 4.90 Å². The Bertz CT molecular complexity index is 748. The van der Waals surface area contributed by atoms with E-state index in [2.05, 4.69) is 5.32 Å². The summed E-state index contributed by atoms with van der Waals surface area (Å²) in [5.74, 6) is 1.23. The summed E-state index contributed by atoms with van der Waals surface area (Å²) in [7, 11) is 3.47. The molecule has 26 heavy (non-hydrogen) atoms. The number of methoxy groups -OCH3 is 1. The number of ether oxygens (including phenoxy) is 2. The molecule has 2 aromatic carbocycles. The molecule has 0 aromatic heterocycles. The highest BCUT2D eigenvalue weighted by Crippen LogP contribution is 2.28. The molecule has 0 aliphatic rings. The lowest BCUT2D eigenvalue weighted by Gasteiger charge is -2.18. The Balaban J connectivity index is 1.95. The molecule has 0 heterocycles. The second-order valence-corrected chi connectivity index (χ2v) is 6.67. The van der Waals surface area contributed by atoms with Gasteiger partial charge in [0.1, 0.15) is 0 Å². The molecule has 1 N–H and O–H groups in total. The second kappa shape index (κ2) is 9.67. The number of carbonyl (C=O) groups excluding carboxylic acids is 1. The SMILES string of the molecule is CCOc1ccc(CN(C)CC(=O)Nc2cc(Cl)cc(Cl)c2)cc1OC. The predicted molar refractivity (Wildman–Crippen MR) is 106 cm³/mol. The van der Waals surface area contributed by atoms with Crippen LogP contribution in [0.25, 0.3) is 0 Å². The molecule has 0 aliphatic heterocycles. The van der Waals surface area contributed by atoms with Gasteiger partial charge >= 0.3 is 0 Å². The van der Waals surface area contributed by atoms with Crippen LogP contribution in [0.3, 0.4) is 0 Å². The number of benzene rings is 2. The van der Waals surface area contributed by atoms with Crippen LogP contribution in [0.5, 0.6) is 11.5 Å². The number of nitrogens with zero attached hydrogens (tertiary/aromatic N) is 1. The van der Waals surface area contributed by atoms with E-state index < -0.39 is 0 Å². The van der Waals surface area contributed by atoms with Crippen molar-refractivity contribution in [3.8, 4) is 11.5 Å². The van der Waals surface area contributed by atoms with Gasteiger partial charge in [-0.3, -0.25) is 9.69 Å². The predicted octanol–water partition coefficient (Wildman–Crippen LogP) is 4.47. The van der Waals surface area contributed by atoms with Crippen molar-refractivity contribution < 1.29 is 14.3 Å². The Hall–Kier alpha value is -1.95. The molecule has 0 saturated carbocycles. The van der Waals surface area contributed by atoms with Gasteiger partial charge in [-0.2, -0.15) is 0 Å². The van der Waals surface area contributed by atoms with Crippen LogP contribution in [0, 0.1) is 0 Å². The average molecular weight is 397 g/mol. The first kappa shape index (κ1) is 20.4. The van der Waals surface area contributed by atoms with Crippen LogP contribution in [-0.4, -0.2) is 38.1 Å². The van der Waals surface area contributed by atoms with Crippen LogP contribution < -0.4 is 14.8 Å². The minimum absolute atomic E-state index is 0.149. The van der Waals surface area contributed by atoms with Crippen LogP contribution in [0.2, 0.25) is 10.0 Å². The number of halogens is 2. The Labute approximate surface area is 163 Å². The van der Waals surface area contributed by atoms with Crippen molar-refractivity contribution in [1.29, 1.82) is 0 Å². The minimum Gasteiger partial charge on any atom is -0.493 e. The summed E-state index contributed by atoms with van der Waals surface area (Å²) >= 11 is 11.9. The van der Waals surface area contributed by atoms with Crippen molar-refractivity contribution in [3.63, 3.8) is 0 Å². The summed E-state index contributed by atoms with van der Waals surface area (Å²) in [6, 6.07) is 10.7. The summed E-state index contributed by atoms with van der Waals surface area (Å²) in [5.41, 5.74) is 1.59. The molecule has 5 nitrogen and oxygen atoms in total. The van der Waals surface area contributed by atoms with E-state index in [1.54, 1.807) is 25.3 Å². The topological polar surface area (TPSA) is 50.8 Å². The molecular formula is C19H22Cl2N2O3. The molecule has 0 saturated heterocycles. The van der Waals surface area contributed by atoms with Crippen LogP contribution in [-0.2, 0) is 11.3 Å². The Morgan fingerprint density at radius 1 is 1.12 bits per heavy atom. The maximum absolute atomic E-state index is 12.2. The van der Waals surface area contributed by atoms with E-state index in [1.165, 1.54) is 0 Å². The van der Waals surface area contributed by atoms with E-state index in [1.807, 2.05) is 37.1 Å². The molecule has 140 valence electrons. The number of carbonyl (C=O) groups is 1. The Morgan fingerprint density at radius 2 is 1.81 bits per heavy atom. The van der Waals surface area contributed by atoms with E-state index in [4.69, 9.17) is 32.7 Å². The molecule has 0 spiro atoms. The molecule has 0 aliphatic carbocycles. The molecule has 0 fully saturated rings. The maximum atomic E-state index is 12.2. The maximum Gasteiger partial charge on any atom is 0.238 e. The highest BCUT2D eigenvalue weighted by molar-refractivity contribution is 6.35. The van der Waals surface area contributed by atoms with E-state index in [0.717, 1.165) is 5.56 Å². The van der Waals surface area contributed by atoms with Gasteiger partial charge in [0.25, 0.3) is 0 Å². The Morgan fingerprint density at radius 3 is 2.42 bits per heavy atom. The zero-order valence-electron chi connectivity index (χ0n) is 15.0. The van der Waals surface area contributed by atoms with Gasteiger partial charge in [-0.15, -0.1) is 0 Å². The molecule has 0 atom stereocenters. The molecule has 2 aromatic rings. The monoisotopic (exact) mass is 396 g/mol. The summed E-state index contributed by atoms with van der Waals surface area (Å²) in [6.07, 6.45) is 0. The van der Waals surface area contributed by atoms with E-state index >= 15 is 0 Å². The van der Waals surface area contributed by atoms with E-state index in [-0.39, 0.29) is 12.5 Å². The zero-order valence-corrected chi connectivity index (χ0v) is 16.5. The van der Waals surface area contributed by atoms with E-state index in [0.29, 0.717) is 40.4 Å². The van der Waals surface area contributed by atoms with E-state index in [9.17, 15) is 4.79 Å². The van der Waals surface area contributed by atoms with Gasteiger partial charge in [-0.1, -0.05) is 29.3 Å².